The van der Waals surface area contributed by atoms with Crippen LogP contribution in [-0.2, 0) is 17.8 Å². The molecule has 0 bridgehead atoms. The largest absolute Gasteiger partial charge is 0.383 e. The third-order valence-corrected chi connectivity index (χ3v) is 4.83. The van der Waals surface area contributed by atoms with Crippen molar-refractivity contribution < 1.29 is 9.13 Å². The van der Waals surface area contributed by atoms with Gasteiger partial charge in [0.05, 0.1) is 31.4 Å². The molecule has 6 nitrogen and oxygen atoms in total. The number of halogens is 2. The molecule has 1 heterocycles. The molecule has 0 aliphatic rings. The minimum atomic E-state index is -0.192. The molecule has 0 radical (unpaired) electrons. The van der Waals surface area contributed by atoms with Crippen molar-refractivity contribution in [1.29, 1.82) is 0 Å². The summed E-state index contributed by atoms with van der Waals surface area (Å²) in [6, 6.07) is 5.24. The number of aliphatic imine (C=N–C) groups is 1. The van der Waals surface area contributed by atoms with Crippen LogP contribution in [0.5, 0.6) is 0 Å². The first-order valence-corrected chi connectivity index (χ1v) is 9.70. The molecule has 0 aliphatic carbocycles. The number of aromatic nitrogens is 2. The molecule has 0 amide bonds. The fourth-order valence-electron chi connectivity index (χ4n) is 3.00. The van der Waals surface area contributed by atoms with Gasteiger partial charge in [0.15, 0.2) is 5.96 Å². The number of rotatable bonds is 8. The Bertz CT molecular complexity index is 822. The second-order valence-corrected chi connectivity index (χ2v) is 6.94. The van der Waals surface area contributed by atoms with Crippen LogP contribution in [0.25, 0.3) is 0 Å². The van der Waals surface area contributed by atoms with E-state index in [4.69, 9.17) is 9.73 Å². The molecule has 0 saturated heterocycles. The van der Waals surface area contributed by atoms with Crippen molar-refractivity contribution in [1.82, 2.24) is 20.4 Å². The number of guanidine groups is 1. The van der Waals surface area contributed by atoms with Gasteiger partial charge in [-0.15, -0.1) is 24.0 Å². The normalized spacial score (nSPS) is 12.4. The molecule has 0 fully saturated rings. The second kappa shape index (κ2) is 12.1. The minimum Gasteiger partial charge on any atom is -0.383 e. The van der Waals surface area contributed by atoms with Crippen LogP contribution in [0.3, 0.4) is 0 Å². The fraction of sp³-hybridized carbons (Fsp3) is 0.524. The van der Waals surface area contributed by atoms with Crippen molar-refractivity contribution in [2.75, 3.05) is 20.3 Å². The van der Waals surface area contributed by atoms with Gasteiger partial charge in [0, 0.05) is 24.9 Å². The minimum absolute atomic E-state index is 0. The SMILES string of the molecule is CCNC(=NCc1c(C)nn(CCOC)c1C)NC(C)c1ccc(C)c(F)c1.I. The number of hydrogen-bond donors (Lipinski definition) is 2. The van der Waals surface area contributed by atoms with Gasteiger partial charge in [-0.05, 0) is 51.8 Å². The van der Waals surface area contributed by atoms with Gasteiger partial charge in [0.2, 0.25) is 0 Å². The highest BCUT2D eigenvalue weighted by Crippen LogP contribution is 2.17. The average molecular weight is 517 g/mol. The highest BCUT2D eigenvalue weighted by molar-refractivity contribution is 14.0. The van der Waals surface area contributed by atoms with Crippen molar-refractivity contribution in [3.63, 3.8) is 0 Å². The van der Waals surface area contributed by atoms with Crippen LogP contribution in [0.1, 0.15) is 48.0 Å². The van der Waals surface area contributed by atoms with E-state index in [1.54, 1.807) is 26.2 Å². The van der Waals surface area contributed by atoms with Gasteiger partial charge in [-0.1, -0.05) is 12.1 Å². The van der Waals surface area contributed by atoms with Gasteiger partial charge in [0.1, 0.15) is 5.82 Å². The molecule has 0 spiro atoms. The molecule has 2 aromatic rings. The summed E-state index contributed by atoms with van der Waals surface area (Å²) in [6.07, 6.45) is 0. The Morgan fingerprint density at radius 1 is 1.31 bits per heavy atom. The number of aryl methyl sites for hydroxylation is 2. The fourth-order valence-corrected chi connectivity index (χ4v) is 3.00. The van der Waals surface area contributed by atoms with Crippen LogP contribution < -0.4 is 10.6 Å². The number of ether oxygens (including phenoxy) is 1. The van der Waals surface area contributed by atoms with Gasteiger partial charge in [-0.2, -0.15) is 5.10 Å². The summed E-state index contributed by atoms with van der Waals surface area (Å²) in [6.45, 7) is 12.4. The van der Waals surface area contributed by atoms with Crippen LogP contribution in [-0.4, -0.2) is 36.0 Å². The molecule has 1 aromatic heterocycles. The van der Waals surface area contributed by atoms with Crippen molar-refractivity contribution in [2.45, 2.75) is 53.8 Å². The zero-order valence-corrected chi connectivity index (χ0v) is 20.5. The Hall–Kier alpha value is -1.68. The average Bonchev–Trinajstić information content (AvgIpc) is 2.93. The van der Waals surface area contributed by atoms with E-state index in [-0.39, 0.29) is 35.8 Å². The van der Waals surface area contributed by atoms with Gasteiger partial charge in [0.25, 0.3) is 0 Å². The van der Waals surface area contributed by atoms with E-state index in [1.165, 1.54) is 0 Å². The van der Waals surface area contributed by atoms with Crippen LogP contribution >= 0.6 is 24.0 Å². The van der Waals surface area contributed by atoms with Gasteiger partial charge in [-0.25, -0.2) is 9.38 Å². The predicted molar refractivity (Wildman–Crippen MR) is 126 cm³/mol. The lowest BCUT2D eigenvalue weighted by Crippen LogP contribution is -2.38. The van der Waals surface area contributed by atoms with Crippen molar-refractivity contribution >= 4 is 29.9 Å². The van der Waals surface area contributed by atoms with Crippen molar-refractivity contribution in [3.05, 3.63) is 52.1 Å². The number of methoxy groups -OCH3 is 1. The molecule has 0 saturated carbocycles. The maximum absolute atomic E-state index is 13.9. The van der Waals surface area contributed by atoms with E-state index >= 15 is 0 Å². The third kappa shape index (κ3) is 6.95. The molecule has 8 heteroatoms. The summed E-state index contributed by atoms with van der Waals surface area (Å²) >= 11 is 0. The van der Waals surface area contributed by atoms with Gasteiger partial charge >= 0.3 is 0 Å². The molecule has 1 aromatic carbocycles. The van der Waals surface area contributed by atoms with E-state index in [9.17, 15) is 4.39 Å². The third-order valence-electron chi connectivity index (χ3n) is 4.83. The Balaban J connectivity index is 0.00000420. The first-order chi connectivity index (χ1) is 13.4. The van der Waals surface area contributed by atoms with Crippen molar-refractivity contribution in [2.24, 2.45) is 4.99 Å². The topological polar surface area (TPSA) is 63.5 Å². The standard InChI is InChI=1S/C21H32FN5O.HI/c1-7-23-21(25-15(3)18-9-8-14(2)20(22)12-18)24-13-19-16(4)26-27(17(19)5)10-11-28-6;/h8-9,12,15H,7,10-11,13H2,1-6H3,(H2,23,24,25);1H. The second-order valence-electron chi connectivity index (χ2n) is 6.94. The Kier molecular flexibility index (Phi) is 10.6. The molecule has 0 aliphatic heterocycles. The van der Waals surface area contributed by atoms with E-state index < -0.39 is 0 Å². The molecule has 2 N–H and O–H groups in total. The maximum Gasteiger partial charge on any atom is 0.192 e. The molecule has 1 atom stereocenters. The molecular formula is C21H33FIN5O. The van der Waals surface area contributed by atoms with E-state index in [2.05, 4.69) is 22.7 Å². The Labute approximate surface area is 190 Å². The highest BCUT2D eigenvalue weighted by atomic mass is 127. The predicted octanol–water partition coefficient (Wildman–Crippen LogP) is 4.03. The first-order valence-electron chi connectivity index (χ1n) is 9.70. The van der Waals surface area contributed by atoms with Crippen LogP contribution in [0.4, 0.5) is 4.39 Å². The zero-order chi connectivity index (χ0) is 20.7. The monoisotopic (exact) mass is 517 g/mol. The van der Waals surface area contributed by atoms with E-state index in [0.29, 0.717) is 24.7 Å². The van der Waals surface area contributed by atoms with Gasteiger partial charge < -0.3 is 15.4 Å². The Morgan fingerprint density at radius 3 is 2.66 bits per heavy atom. The van der Waals surface area contributed by atoms with Gasteiger partial charge in [-0.3, -0.25) is 4.68 Å². The summed E-state index contributed by atoms with van der Waals surface area (Å²) in [5.41, 5.74) is 4.72. The number of nitrogens with one attached hydrogen (secondary N) is 2. The Morgan fingerprint density at radius 2 is 2.03 bits per heavy atom. The number of nitrogens with zero attached hydrogens (tertiary/aromatic N) is 3. The molecule has 29 heavy (non-hydrogen) atoms. The molecule has 162 valence electrons. The van der Waals surface area contributed by atoms with Crippen LogP contribution in [0.15, 0.2) is 23.2 Å². The number of benzene rings is 1. The lowest BCUT2D eigenvalue weighted by Gasteiger charge is -2.18. The molecule has 2 rings (SSSR count). The van der Waals surface area contributed by atoms with E-state index in [0.717, 1.165) is 35.6 Å². The summed E-state index contributed by atoms with van der Waals surface area (Å²) in [5, 5.41) is 11.2. The number of hydrogen-bond acceptors (Lipinski definition) is 3. The maximum atomic E-state index is 13.9. The zero-order valence-electron chi connectivity index (χ0n) is 18.2. The summed E-state index contributed by atoms with van der Waals surface area (Å²) in [7, 11) is 1.69. The first kappa shape index (κ1) is 25.4. The summed E-state index contributed by atoms with van der Waals surface area (Å²) in [5.74, 6) is 0.502. The van der Waals surface area contributed by atoms with Crippen LogP contribution in [0.2, 0.25) is 0 Å². The molecule has 1 unspecified atom stereocenters. The quantitative estimate of drug-likeness (QED) is 0.316. The summed E-state index contributed by atoms with van der Waals surface area (Å²) < 4.78 is 21.0. The van der Waals surface area contributed by atoms with E-state index in [1.807, 2.05) is 31.5 Å². The summed E-state index contributed by atoms with van der Waals surface area (Å²) in [4.78, 5) is 4.72. The molecular weight excluding hydrogens is 484 g/mol. The van der Waals surface area contributed by atoms with Crippen molar-refractivity contribution in [3.8, 4) is 0 Å². The highest BCUT2D eigenvalue weighted by Gasteiger charge is 2.13. The van der Waals surface area contributed by atoms with Crippen LogP contribution in [0, 0.1) is 26.6 Å². The smallest absolute Gasteiger partial charge is 0.192 e. The lowest BCUT2D eigenvalue weighted by atomic mass is 10.1. The lowest BCUT2D eigenvalue weighted by molar-refractivity contribution is 0.182.